The Morgan fingerprint density at radius 3 is 2.69 bits per heavy atom. The molecular weight excluding hydrogens is 451 g/mol. The van der Waals surface area contributed by atoms with Gasteiger partial charge in [0.1, 0.15) is 11.6 Å². The molecule has 1 saturated heterocycles. The van der Waals surface area contributed by atoms with Crippen molar-refractivity contribution in [3.05, 3.63) is 63.9 Å². The van der Waals surface area contributed by atoms with Gasteiger partial charge in [0.2, 0.25) is 5.95 Å². The number of pyridine rings is 1. The second-order valence-electron chi connectivity index (χ2n) is 7.54. The van der Waals surface area contributed by atoms with Crippen molar-refractivity contribution in [3.63, 3.8) is 0 Å². The summed E-state index contributed by atoms with van der Waals surface area (Å²) in [6, 6.07) is 10.1. The zero-order chi connectivity index (χ0) is 22.7. The fourth-order valence-corrected chi connectivity index (χ4v) is 4.08. The van der Waals surface area contributed by atoms with Crippen molar-refractivity contribution in [2.45, 2.75) is 25.9 Å². The Balaban J connectivity index is 1.51. The highest BCUT2D eigenvalue weighted by molar-refractivity contribution is 6.40. The first-order valence-electron chi connectivity index (χ1n) is 10.2. The summed E-state index contributed by atoms with van der Waals surface area (Å²) in [5.41, 5.74) is 1.52. The SMILES string of the molecule is Cc1cc(Nc2cc(NC(=O)c3c(Cl)cccc3Cl)ccn2)nc(N2CCC[C@@H](O)C2)n1. The molecule has 0 aliphatic carbocycles. The van der Waals surface area contributed by atoms with E-state index < -0.39 is 5.91 Å². The Morgan fingerprint density at radius 1 is 1.16 bits per heavy atom. The average Bonchev–Trinajstić information content (AvgIpc) is 2.73. The van der Waals surface area contributed by atoms with E-state index in [1.807, 2.05) is 11.8 Å². The van der Waals surface area contributed by atoms with Gasteiger partial charge in [-0.3, -0.25) is 4.79 Å². The molecule has 0 saturated carbocycles. The lowest BCUT2D eigenvalue weighted by molar-refractivity contribution is 0.102. The third-order valence-corrected chi connectivity index (χ3v) is 5.62. The highest BCUT2D eigenvalue weighted by Gasteiger charge is 2.21. The van der Waals surface area contributed by atoms with Crippen LogP contribution in [0.25, 0.3) is 0 Å². The molecule has 0 radical (unpaired) electrons. The van der Waals surface area contributed by atoms with Crippen molar-refractivity contribution < 1.29 is 9.90 Å². The first-order valence-corrected chi connectivity index (χ1v) is 10.9. The Morgan fingerprint density at radius 2 is 1.94 bits per heavy atom. The van der Waals surface area contributed by atoms with Gasteiger partial charge in [0.25, 0.3) is 5.91 Å². The molecule has 0 spiro atoms. The molecule has 1 atom stereocenters. The fraction of sp³-hybridized carbons (Fsp3) is 0.273. The molecule has 0 unspecified atom stereocenters. The first kappa shape index (κ1) is 22.3. The van der Waals surface area contributed by atoms with E-state index in [0.717, 1.165) is 25.1 Å². The van der Waals surface area contributed by atoms with Crippen molar-refractivity contribution in [3.8, 4) is 0 Å². The first-order chi connectivity index (χ1) is 15.4. The van der Waals surface area contributed by atoms with Crippen LogP contribution in [-0.4, -0.2) is 45.2 Å². The van der Waals surface area contributed by atoms with E-state index in [9.17, 15) is 9.90 Å². The number of amides is 1. The summed E-state index contributed by atoms with van der Waals surface area (Å²) in [5.74, 6) is 1.21. The molecule has 3 N–H and O–H groups in total. The summed E-state index contributed by atoms with van der Waals surface area (Å²) < 4.78 is 0. The van der Waals surface area contributed by atoms with E-state index >= 15 is 0 Å². The molecular formula is C22H22Cl2N6O2. The number of anilines is 4. The van der Waals surface area contributed by atoms with Gasteiger partial charge >= 0.3 is 0 Å². The number of rotatable bonds is 5. The minimum Gasteiger partial charge on any atom is -0.391 e. The largest absolute Gasteiger partial charge is 0.391 e. The molecule has 8 nitrogen and oxygen atoms in total. The van der Waals surface area contributed by atoms with Crippen LogP contribution in [0.3, 0.4) is 0 Å². The lowest BCUT2D eigenvalue weighted by atomic mass is 10.1. The van der Waals surface area contributed by atoms with Gasteiger partial charge < -0.3 is 20.6 Å². The van der Waals surface area contributed by atoms with Gasteiger partial charge in [0.15, 0.2) is 0 Å². The van der Waals surface area contributed by atoms with Crippen LogP contribution in [0.1, 0.15) is 28.9 Å². The summed E-state index contributed by atoms with van der Waals surface area (Å²) in [5, 5.41) is 16.5. The van der Waals surface area contributed by atoms with Crippen molar-refractivity contribution in [1.82, 2.24) is 15.0 Å². The predicted octanol–water partition coefficient (Wildman–Crippen LogP) is 4.44. The average molecular weight is 473 g/mol. The fourth-order valence-electron chi connectivity index (χ4n) is 3.51. The molecule has 1 amide bonds. The maximum atomic E-state index is 12.6. The topological polar surface area (TPSA) is 103 Å². The Kier molecular flexibility index (Phi) is 6.74. The molecule has 1 aliphatic rings. The number of hydrogen-bond acceptors (Lipinski definition) is 7. The van der Waals surface area contributed by atoms with E-state index in [-0.39, 0.29) is 21.7 Å². The van der Waals surface area contributed by atoms with Crippen LogP contribution in [0.15, 0.2) is 42.6 Å². The molecule has 166 valence electrons. The summed E-state index contributed by atoms with van der Waals surface area (Å²) >= 11 is 12.3. The minimum atomic E-state index is -0.415. The molecule has 1 fully saturated rings. The number of benzene rings is 1. The molecule has 0 bridgehead atoms. The normalized spacial score (nSPS) is 16.0. The van der Waals surface area contributed by atoms with Gasteiger partial charge in [0.05, 0.1) is 21.7 Å². The zero-order valence-corrected chi connectivity index (χ0v) is 18.9. The van der Waals surface area contributed by atoms with E-state index in [2.05, 4.69) is 25.6 Å². The number of aromatic nitrogens is 3. The second kappa shape index (κ2) is 9.68. The number of nitrogens with one attached hydrogen (secondary N) is 2. The Labute approximate surface area is 195 Å². The number of β-amino-alcohol motifs (C(OH)–C–C–N with tert-alkyl or cyclic N) is 1. The van der Waals surface area contributed by atoms with Crippen LogP contribution in [0.4, 0.5) is 23.3 Å². The van der Waals surface area contributed by atoms with E-state index in [0.29, 0.717) is 29.8 Å². The monoisotopic (exact) mass is 472 g/mol. The van der Waals surface area contributed by atoms with Crippen molar-refractivity contribution >= 4 is 52.4 Å². The van der Waals surface area contributed by atoms with Crippen molar-refractivity contribution in [1.29, 1.82) is 0 Å². The van der Waals surface area contributed by atoms with Crippen LogP contribution in [-0.2, 0) is 0 Å². The minimum absolute atomic E-state index is 0.210. The number of hydrogen-bond donors (Lipinski definition) is 3. The van der Waals surface area contributed by atoms with Crippen LogP contribution < -0.4 is 15.5 Å². The number of halogens is 2. The van der Waals surface area contributed by atoms with Crippen molar-refractivity contribution in [2.24, 2.45) is 0 Å². The highest BCUT2D eigenvalue weighted by Crippen LogP contribution is 2.26. The molecule has 3 heterocycles. The lowest BCUT2D eigenvalue weighted by Crippen LogP contribution is -2.39. The van der Waals surface area contributed by atoms with E-state index in [1.54, 1.807) is 42.6 Å². The molecule has 10 heteroatoms. The van der Waals surface area contributed by atoms with Gasteiger partial charge in [-0.05, 0) is 38.0 Å². The van der Waals surface area contributed by atoms with Gasteiger partial charge in [0, 0.05) is 42.8 Å². The number of carbonyl (C=O) groups is 1. The molecule has 1 aliphatic heterocycles. The summed E-state index contributed by atoms with van der Waals surface area (Å²) in [6.07, 6.45) is 2.87. The third-order valence-electron chi connectivity index (χ3n) is 4.99. The summed E-state index contributed by atoms with van der Waals surface area (Å²) in [4.78, 5) is 28.0. The second-order valence-corrected chi connectivity index (χ2v) is 8.36. The zero-order valence-electron chi connectivity index (χ0n) is 17.3. The molecule has 32 heavy (non-hydrogen) atoms. The molecule has 3 aromatic rings. The number of aliphatic hydroxyl groups is 1. The Hall–Kier alpha value is -2.94. The maximum absolute atomic E-state index is 12.6. The van der Waals surface area contributed by atoms with E-state index in [1.165, 1.54) is 0 Å². The molecule has 2 aromatic heterocycles. The van der Waals surface area contributed by atoms with Crippen molar-refractivity contribution in [2.75, 3.05) is 28.6 Å². The number of carbonyl (C=O) groups excluding carboxylic acids is 1. The van der Waals surface area contributed by atoms with Crippen LogP contribution in [0.2, 0.25) is 10.0 Å². The number of piperidine rings is 1. The third kappa shape index (κ3) is 5.27. The van der Waals surface area contributed by atoms with Gasteiger partial charge in [-0.2, -0.15) is 4.98 Å². The number of aliphatic hydroxyl groups excluding tert-OH is 1. The quantitative estimate of drug-likeness (QED) is 0.503. The van der Waals surface area contributed by atoms with Crippen LogP contribution in [0.5, 0.6) is 0 Å². The molecule has 1 aromatic carbocycles. The highest BCUT2D eigenvalue weighted by atomic mass is 35.5. The summed E-state index contributed by atoms with van der Waals surface area (Å²) in [7, 11) is 0. The van der Waals surface area contributed by atoms with Gasteiger partial charge in [-0.25, -0.2) is 9.97 Å². The van der Waals surface area contributed by atoms with E-state index in [4.69, 9.17) is 23.2 Å². The lowest BCUT2D eigenvalue weighted by Gasteiger charge is -2.30. The van der Waals surface area contributed by atoms with Crippen LogP contribution >= 0.6 is 23.2 Å². The van der Waals surface area contributed by atoms with Gasteiger partial charge in [-0.15, -0.1) is 0 Å². The maximum Gasteiger partial charge on any atom is 0.258 e. The summed E-state index contributed by atoms with van der Waals surface area (Å²) in [6.45, 7) is 3.19. The molecule has 4 rings (SSSR count). The predicted molar refractivity (Wildman–Crippen MR) is 126 cm³/mol. The van der Waals surface area contributed by atoms with Gasteiger partial charge in [-0.1, -0.05) is 29.3 Å². The Bertz CT molecular complexity index is 1120. The standard InChI is InChI=1S/C22H22Cl2N6O2/c1-13-10-19(29-22(26-13)30-9-3-4-15(31)12-30)28-18-11-14(7-8-25-18)27-21(32)20-16(23)5-2-6-17(20)24/h2,5-8,10-11,15,31H,3-4,9,12H2,1H3,(H2,25,26,27,28,29,32)/t15-/m1/s1. The number of aryl methyl sites for hydroxylation is 1. The number of nitrogens with zero attached hydrogens (tertiary/aromatic N) is 4. The smallest absolute Gasteiger partial charge is 0.258 e. The van der Waals surface area contributed by atoms with Crippen LogP contribution in [0, 0.1) is 6.92 Å².